The maximum Gasteiger partial charge on any atom is 0.331 e. The number of amides is 1. The minimum absolute atomic E-state index is 0.0875. The molecule has 0 saturated heterocycles. The van der Waals surface area contributed by atoms with Crippen LogP contribution in [0, 0.1) is 0 Å². The van der Waals surface area contributed by atoms with Crippen LogP contribution in [0.25, 0.3) is 0 Å². The number of methoxy groups -OCH3 is 1. The lowest BCUT2D eigenvalue weighted by Gasteiger charge is -2.16. The van der Waals surface area contributed by atoms with Crippen molar-refractivity contribution in [2.45, 2.75) is 20.3 Å². The quantitative estimate of drug-likeness (QED) is 0.496. The van der Waals surface area contributed by atoms with Gasteiger partial charge in [0.1, 0.15) is 6.73 Å². The third-order valence-electron chi connectivity index (χ3n) is 1.68. The fraction of sp³-hybridized carbons (Fsp3) is 0.889. The first-order valence-corrected chi connectivity index (χ1v) is 6.94. The molecule has 96 valence electrons. The lowest BCUT2D eigenvalue weighted by molar-refractivity contribution is -0.122. The van der Waals surface area contributed by atoms with Gasteiger partial charge in [-0.25, -0.2) is 0 Å². The first kappa shape index (κ1) is 15.6. The van der Waals surface area contributed by atoms with E-state index in [2.05, 4.69) is 10.1 Å². The molecule has 0 heterocycles. The Balaban J connectivity index is 4.01. The highest BCUT2D eigenvalue weighted by molar-refractivity contribution is 7.53. The van der Waals surface area contributed by atoms with Crippen molar-refractivity contribution in [3.8, 4) is 0 Å². The van der Waals surface area contributed by atoms with Gasteiger partial charge < -0.3 is 19.1 Å². The van der Waals surface area contributed by atoms with Gasteiger partial charge in [0.25, 0.3) is 0 Å². The standard InChI is InChI=1S/C9H20NO5P/c1-4-14-16(12,15-5-2)7-6-9(11)10-8-13-3/h4-8H2,1-3H3,(H,10,11). The highest BCUT2D eigenvalue weighted by Gasteiger charge is 2.24. The molecular weight excluding hydrogens is 233 g/mol. The van der Waals surface area contributed by atoms with Gasteiger partial charge in [0.2, 0.25) is 5.91 Å². The second-order valence-electron chi connectivity index (χ2n) is 2.95. The van der Waals surface area contributed by atoms with E-state index >= 15 is 0 Å². The van der Waals surface area contributed by atoms with E-state index in [1.165, 1.54) is 7.11 Å². The van der Waals surface area contributed by atoms with E-state index < -0.39 is 7.60 Å². The third kappa shape index (κ3) is 6.95. The van der Waals surface area contributed by atoms with Crippen molar-refractivity contribution >= 4 is 13.5 Å². The molecule has 0 aromatic heterocycles. The molecule has 0 aliphatic heterocycles. The van der Waals surface area contributed by atoms with E-state index in [0.29, 0.717) is 13.2 Å². The van der Waals surface area contributed by atoms with Gasteiger partial charge in [-0.2, -0.15) is 0 Å². The predicted octanol–water partition coefficient (Wildman–Crippen LogP) is 1.36. The molecule has 0 atom stereocenters. The summed E-state index contributed by atoms with van der Waals surface area (Å²) in [6.07, 6.45) is 0.185. The number of nitrogens with one attached hydrogen (secondary N) is 1. The van der Waals surface area contributed by atoms with Gasteiger partial charge in [-0.3, -0.25) is 9.36 Å². The Bertz CT molecular complexity index is 236. The summed E-state index contributed by atoms with van der Waals surface area (Å²) >= 11 is 0. The number of carbonyl (C=O) groups excluding carboxylic acids is 1. The molecule has 0 fully saturated rings. The Labute approximate surface area is 96.2 Å². The summed E-state index contributed by atoms with van der Waals surface area (Å²) in [6.45, 7) is 4.22. The van der Waals surface area contributed by atoms with Crippen LogP contribution in [0.3, 0.4) is 0 Å². The van der Waals surface area contributed by atoms with Gasteiger partial charge in [-0.1, -0.05) is 0 Å². The van der Waals surface area contributed by atoms with E-state index in [4.69, 9.17) is 9.05 Å². The smallest absolute Gasteiger partial charge is 0.331 e. The maximum absolute atomic E-state index is 11.9. The molecule has 7 heteroatoms. The number of hydrogen-bond acceptors (Lipinski definition) is 5. The van der Waals surface area contributed by atoms with E-state index in [1.807, 2.05) is 0 Å². The Kier molecular flexibility index (Phi) is 8.47. The van der Waals surface area contributed by atoms with Gasteiger partial charge in [0.15, 0.2) is 0 Å². The van der Waals surface area contributed by atoms with Crippen molar-refractivity contribution in [2.75, 3.05) is 33.2 Å². The number of rotatable bonds is 9. The van der Waals surface area contributed by atoms with Crippen molar-refractivity contribution in [3.05, 3.63) is 0 Å². The third-order valence-corrected chi connectivity index (χ3v) is 3.75. The normalized spacial score (nSPS) is 11.4. The maximum atomic E-state index is 11.9. The van der Waals surface area contributed by atoms with Crippen LogP contribution in [-0.4, -0.2) is 39.1 Å². The van der Waals surface area contributed by atoms with Crippen LogP contribution in [0.2, 0.25) is 0 Å². The van der Waals surface area contributed by atoms with Gasteiger partial charge in [0.05, 0.1) is 19.4 Å². The van der Waals surface area contributed by atoms with E-state index in [0.717, 1.165) is 0 Å². The van der Waals surface area contributed by atoms with Crippen LogP contribution < -0.4 is 5.32 Å². The Morgan fingerprint density at radius 2 is 1.81 bits per heavy atom. The average Bonchev–Trinajstić information content (AvgIpc) is 2.24. The molecule has 0 unspecified atom stereocenters. The van der Waals surface area contributed by atoms with Crippen molar-refractivity contribution in [1.29, 1.82) is 0 Å². The van der Waals surface area contributed by atoms with Crippen LogP contribution in [0.15, 0.2) is 0 Å². The fourth-order valence-electron chi connectivity index (χ4n) is 1.04. The van der Waals surface area contributed by atoms with E-state index in [9.17, 15) is 9.36 Å². The summed E-state index contributed by atoms with van der Waals surface area (Å²) in [7, 11) is -1.63. The molecule has 0 aromatic carbocycles. The van der Waals surface area contributed by atoms with Crippen LogP contribution in [-0.2, 0) is 23.1 Å². The van der Waals surface area contributed by atoms with Gasteiger partial charge in [0, 0.05) is 13.5 Å². The van der Waals surface area contributed by atoms with Gasteiger partial charge in [-0.05, 0) is 13.8 Å². The van der Waals surface area contributed by atoms with Crippen LogP contribution >= 0.6 is 7.60 Å². The zero-order chi connectivity index (χ0) is 12.4. The molecule has 0 aliphatic rings. The summed E-state index contributed by atoms with van der Waals surface area (Å²) < 4.78 is 26.7. The second-order valence-corrected chi connectivity index (χ2v) is 5.14. The summed E-state index contributed by atoms with van der Waals surface area (Å²) in [4.78, 5) is 11.2. The second kappa shape index (κ2) is 8.70. The molecule has 1 amide bonds. The largest absolute Gasteiger partial charge is 0.364 e. The summed E-state index contributed by atoms with van der Waals surface area (Å²) in [5.74, 6) is -0.235. The predicted molar refractivity (Wildman–Crippen MR) is 60.4 cm³/mol. The van der Waals surface area contributed by atoms with Crippen LogP contribution in [0.5, 0.6) is 0 Å². The number of carbonyl (C=O) groups is 1. The molecule has 16 heavy (non-hydrogen) atoms. The minimum Gasteiger partial charge on any atom is -0.364 e. The Morgan fingerprint density at radius 3 is 2.25 bits per heavy atom. The highest BCUT2D eigenvalue weighted by atomic mass is 31.2. The van der Waals surface area contributed by atoms with Crippen molar-refractivity contribution in [3.63, 3.8) is 0 Å². The highest BCUT2D eigenvalue weighted by Crippen LogP contribution is 2.48. The summed E-state index contributed by atoms with van der Waals surface area (Å²) in [5.41, 5.74) is 0. The van der Waals surface area contributed by atoms with Crippen molar-refractivity contribution in [2.24, 2.45) is 0 Å². The van der Waals surface area contributed by atoms with Crippen LogP contribution in [0.1, 0.15) is 20.3 Å². The summed E-state index contributed by atoms with van der Waals surface area (Å²) in [5, 5.41) is 2.50. The SMILES string of the molecule is CCOP(=O)(CCC(=O)NCOC)OCC. The molecule has 0 spiro atoms. The molecular formula is C9H20NO5P. The monoisotopic (exact) mass is 253 g/mol. The molecule has 0 saturated carbocycles. The van der Waals surface area contributed by atoms with Gasteiger partial charge >= 0.3 is 7.60 Å². The molecule has 0 aliphatic carbocycles. The fourth-order valence-corrected chi connectivity index (χ4v) is 2.64. The molecule has 0 aromatic rings. The zero-order valence-corrected chi connectivity index (χ0v) is 10.9. The van der Waals surface area contributed by atoms with Gasteiger partial charge in [-0.15, -0.1) is 0 Å². The zero-order valence-electron chi connectivity index (χ0n) is 10.0. The molecule has 0 radical (unpaired) electrons. The van der Waals surface area contributed by atoms with Crippen molar-refractivity contribution < 1.29 is 23.1 Å². The number of ether oxygens (including phenoxy) is 1. The van der Waals surface area contributed by atoms with Crippen molar-refractivity contribution in [1.82, 2.24) is 5.32 Å². The lowest BCUT2D eigenvalue weighted by atomic mass is 10.5. The summed E-state index contributed by atoms with van der Waals surface area (Å²) in [6, 6.07) is 0. The lowest BCUT2D eigenvalue weighted by Crippen LogP contribution is -2.26. The first-order valence-electron chi connectivity index (χ1n) is 5.21. The molecule has 0 rings (SSSR count). The first-order chi connectivity index (χ1) is 7.58. The molecule has 6 nitrogen and oxygen atoms in total. The minimum atomic E-state index is -3.11. The Morgan fingerprint density at radius 1 is 1.25 bits per heavy atom. The Hall–Kier alpha value is -0.420. The van der Waals surface area contributed by atoms with E-state index in [1.54, 1.807) is 13.8 Å². The molecule has 1 N–H and O–H groups in total. The molecule has 0 bridgehead atoms. The van der Waals surface area contributed by atoms with Crippen LogP contribution in [0.4, 0.5) is 0 Å². The topological polar surface area (TPSA) is 73.9 Å². The van der Waals surface area contributed by atoms with E-state index in [-0.39, 0.29) is 25.2 Å². The number of hydrogen-bond donors (Lipinski definition) is 1. The average molecular weight is 253 g/mol.